The van der Waals surface area contributed by atoms with Crippen molar-refractivity contribution in [3.8, 4) is 0 Å². The van der Waals surface area contributed by atoms with E-state index in [9.17, 15) is 19.5 Å². The number of aliphatic hydroxyl groups excluding tert-OH is 2. The number of aromatic amines is 1. The van der Waals surface area contributed by atoms with Crippen molar-refractivity contribution in [1.29, 1.82) is 0 Å². The molecule has 1 saturated heterocycles. The largest absolute Gasteiger partial charge is 0.477 e. The molecule has 3 atom stereocenters. The molecule has 4 N–H and O–H groups in total. The van der Waals surface area contributed by atoms with Gasteiger partial charge in [-0.15, -0.1) is 0 Å². The molecule has 19 heavy (non-hydrogen) atoms. The predicted molar refractivity (Wildman–Crippen MR) is 59.9 cm³/mol. The van der Waals surface area contributed by atoms with Gasteiger partial charge in [0.25, 0.3) is 5.56 Å². The maximum Gasteiger partial charge on any atom is 0.342 e. The molecule has 2 rings (SSSR count). The van der Waals surface area contributed by atoms with Crippen molar-refractivity contribution < 1.29 is 24.9 Å². The molecule has 2 heterocycles. The highest BCUT2D eigenvalue weighted by atomic mass is 16.5. The minimum absolute atomic E-state index is 0.0102. The number of carbonyl (C=O) groups is 1. The van der Waals surface area contributed by atoms with Crippen LogP contribution in [-0.4, -0.2) is 49.7 Å². The van der Waals surface area contributed by atoms with Gasteiger partial charge in [-0.05, 0) is 0 Å². The zero-order valence-corrected chi connectivity index (χ0v) is 9.65. The van der Waals surface area contributed by atoms with Gasteiger partial charge in [0.05, 0.1) is 12.7 Å². The minimum Gasteiger partial charge on any atom is -0.477 e. The summed E-state index contributed by atoms with van der Waals surface area (Å²) in [7, 11) is 0. The first kappa shape index (κ1) is 13.5. The predicted octanol–water partition coefficient (Wildman–Crippen LogP) is -2.12. The minimum atomic E-state index is -1.48. The van der Waals surface area contributed by atoms with Crippen molar-refractivity contribution >= 4 is 5.97 Å². The van der Waals surface area contributed by atoms with Crippen molar-refractivity contribution in [1.82, 2.24) is 9.55 Å². The maximum atomic E-state index is 11.6. The van der Waals surface area contributed by atoms with Crippen molar-refractivity contribution in [3.05, 3.63) is 32.6 Å². The van der Waals surface area contributed by atoms with Gasteiger partial charge in [0.1, 0.15) is 17.9 Å². The second-order valence-corrected chi connectivity index (χ2v) is 4.13. The number of aliphatic hydroxyl groups is 2. The van der Waals surface area contributed by atoms with Gasteiger partial charge < -0.3 is 20.1 Å². The SMILES string of the molecule is O=C(O)c1cn([C@H]2C[C@@H](O)[C@H](CO)O2)c(=O)[nH]c1=O. The molecule has 0 unspecified atom stereocenters. The first-order chi connectivity index (χ1) is 8.93. The van der Waals surface area contributed by atoms with E-state index in [1.54, 1.807) is 0 Å². The maximum absolute atomic E-state index is 11.6. The van der Waals surface area contributed by atoms with Crippen LogP contribution in [0.4, 0.5) is 0 Å². The summed E-state index contributed by atoms with van der Waals surface area (Å²) in [5, 5.41) is 27.3. The summed E-state index contributed by atoms with van der Waals surface area (Å²) in [5.74, 6) is -1.48. The summed E-state index contributed by atoms with van der Waals surface area (Å²) in [4.78, 5) is 35.5. The van der Waals surface area contributed by atoms with Crippen LogP contribution in [0.5, 0.6) is 0 Å². The highest BCUT2D eigenvalue weighted by Crippen LogP contribution is 2.27. The molecule has 9 nitrogen and oxygen atoms in total. The number of aromatic nitrogens is 2. The van der Waals surface area contributed by atoms with Gasteiger partial charge in [-0.1, -0.05) is 0 Å². The van der Waals surface area contributed by atoms with Gasteiger partial charge in [-0.3, -0.25) is 14.3 Å². The summed E-state index contributed by atoms with van der Waals surface area (Å²) < 4.78 is 6.09. The van der Waals surface area contributed by atoms with E-state index in [2.05, 4.69) is 0 Å². The number of nitrogens with one attached hydrogen (secondary N) is 1. The lowest BCUT2D eigenvalue weighted by Gasteiger charge is -2.14. The average Bonchev–Trinajstić information content (AvgIpc) is 2.69. The third-order valence-corrected chi connectivity index (χ3v) is 2.89. The third-order valence-electron chi connectivity index (χ3n) is 2.89. The molecule has 1 fully saturated rings. The Morgan fingerprint density at radius 1 is 1.53 bits per heavy atom. The molecule has 9 heteroatoms. The smallest absolute Gasteiger partial charge is 0.342 e. The van der Waals surface area contributed by atoms with Crippen LogP contribution in [0.1, 0.15) is 23.0 Å². The van der Waals surface area contributed by atoms with Crippen molar-refractivity contribution in [3.63, 3.8) is 0 Å². The van der Waals surface area contributed by atoms with Crippen LogP contribution in [0.3, 0.4) is 0 Å². The normalized spacial score (nSPS) is 26.5. The quantitative estimate of drug-likeness (QED) is 0.492. The summed E-state index contributed by atoms with van der Waals surface area (Å²) >= 11 is 0. The Morgan fingerprint density at radius 3 is 2.74 bits per heavy atom. The lowest BCUT2D eigenvalue weighted by Crippen LogP contribution is -2.35. The third kappa shape index (κ3) is 2.43. The van der Waals surface area contributed by atoms with Crippen LogP contribution >= 0.6 is 0 Å². The lowest BCUT2D eigenvalue weighted by molar-refractivity contribution is -0.0460. The van der Waals surface area contributed by atoms with Crippen molar-refractivity contribution in [2.75, 3.05) is 6.61 Å². The van der Waals surface area contributed by atoms with Crippen LogP contribution in [0.15, 0.2) is 15.8 Å². The fraction of sp³-hybridized carbons (Fsp3) is 0.500. The van der Waals surface area contributed by atoms with Gasteiger partial charge in [0.2, 0.25) is 0 Å². The summed E-state index contributed by atoms with van der Waals surface area (Å²) in [6.45, 7) is -0.429. The molecule has 1 aromatic heterocycles. The molecular formula is C10H12N2O7. The zero-order valence-electron chi connectivity index (χ0n) is 9.65. The van der Waals surface area contributed by atoms with E-state index >= 15 is 0 Å². The molecule has 1 aliphatic rings. The second kappa shape index (κ2) is 4.96. The number of H-pyrrole nitrogens is 1. The molecule has 0 bridgehead atoms. The topological polar surface area (TPSA) is 142 Å². The highest BCUT2D eigenvalue weighted by Gasteiger charge is 2.35. The van der Waals surface area contributed by atoms with E-state index in [0.29, 0.717) is 0 Å². The molecule has 1 aromatic rings. The van der Waals surface area contributed by atoms with E-state index in [-0.39, 0.29) is 6.42 Å². The Labute approximate surface area is 105 Å². The Kier molecular flexibility index (Phi) is 3.51. The van der Waals surface area contributed by atoms with Crippen LogP contribution < -0.4 is 11.2 Å². The number of hydrogen-bond acceptors (Lipinski definition) is 6. The number of hydrogen-bond donors (Lipinski definition) is 4. The molecule has 0 aromatic carbocycles. The van der Waals surface area contributed by atoms with Crippen LogP contribution in [0.25, 0.3) is 0 Å². The summed E-state index contributed by atoms with van der Waals surface area (Å²) in [6.07, 6.45) is -1.88. The molecule has 0 radical (unpaired) electrons. The number of nitrogens with zero attached hydrogens (tertiary/aromatic N) is 1. The zero-order chi connectivity index (χ0) is 14.2. The number of rotatable bonds is 3. The molecule has 0 saturated carbocycles. The summed E-state index contributed by atoms with van der Waals surface area (Å²) in [6, 6.07) is 0. The lowest BCUT2D eigenvalue weighted by atomic mass is 10.2. The molecule has 0 amide bonds. The highest BCUT2D eigenvalue weighted by molar-refractivity contribution is 5.86. The Hall–Kier alpha value is -1.97. The Morgan fingerprint density at radius 2 is 2.21 bits per heavy atom. The first-order valence-electron chi connectivity index (χ1n) is 5.47. The van der Waals surface area contributed by atoms with Gasteiger partial charge >= 0.3 is 11.7 Å². The molecule has 0 aliphatic carbocycles. The number of aromatic carboxylic acids is 1. The van der Waals surface area contributed by atoms with Gasteiger partial charge in [0, 0.05) is 12.6 Å². The number of carboxylic acid groups (broad SMARTS) is 1. The van der Waals surface area contributed by atoms with Crippen molar-refractivity contribution in [2.24, 2.45) is 0 Å². The van der Waals surface area contributed by atoms with Crippen molar-refractivity contribution in [2.45, 2.75) is 24.9 Å². The van der Waals surface area contributed by atoms with E-state index in [0.717, 1.165) is 10.8 Å². The second-order valence-electron chi connectivity index (χ2n) is 4.13. The number of carboxylic acids is 1. The van der Waals surface area contributed by atoms with Gasteiger partial charge in [-0.2, -0.15) is 0 Å². The fourth-order valence-corrected chi connectivity index (χ4v) is 1.90. The van der Waals surface area contributed by atoms with E-state index in [1.165, 1.54) is 0 Å². The first-order valence-corrected chi connectivity index (χ1v) is 5.47. The molecule has 1 aliphatic heterocycles. The van der Waals surface area contributed by atoms with Gasteiger partial charge in [0.15, 0.2) is 0 Å². The number of ether oxygens (including phenoxy) is 1. The van der Waals surface area contributed by atoms with E-state index in [4.69, 9.17) is 14.9 Å². The fourth-order valence-electron chi connectivity index (χ4n) is 1.90. The molecular weight excluding hydrogens is 260 g/mol. The monoisotopic (exact) mass is 272 g/mol. The average molecular weight is 272 g/mol. The molecule has 104 valence electrons. The van der Waals surface area contributed by atoms with Crippen LogP contribution in [0, 0.1) is 0 Å². The Bertz CT molecular complexity index is 605. The summed E-state index contributed by atoms with van der Waals surface area (Å²) in [5.41, 5.74) is -2.46. The molecule has 0 spiro atoms. The van der Waals surface area contributed by atoms with Crippen LogP contribution in [-0.2, 0) is 4.74 Å². The van der Waals surface area contributed by atoms with E-state index in [1.807, 2.05) is 4.98 Å². The standard InChI is InChI=1S/C10H12N2O7/c13-3-6-5(14)1-7(19-6)12-2-4(9(16)17)8(15)11-10(12)18/h2,5-7,13-14H,1,3H2,(H,16,17)(H,11,15,18)/t5-,6+,7-/m1/s1. The van der Waals surface area contributed by atoms with E-state index < -0.39 is 47.8 Å². The van der Waals surface area contributed by atoms with Gasteiger partial charge in [-0.25, -0.2) is 9.59 Å². The Balaban J connectivity index is 2.41. The van der Waals surface area contributed by atoms with Crippen LogP contribution in [0.2, 0.25) is 0 Å².